The summed E-state index contributed by atoms with van der Waals surface area (Å²) in [7, 11) is 0. The molecule has 6 nitrogen and oxygen atoms in total. The number of aromatic nitrogens is 3. The Morgan fingerprint density at radius 2 is 1.65 bits per heavy atom. The van der Waals surface area contributed by atoms with Crippen molar-refractivity contribution < 1.29 is 35.9 Å². The van der Waals surface area contributed by atoms with Crippen LogP contribution < -0.4 is 5.56 Å². The van der Waals surface area contributed by atoms with Gasteiger partial charge in [0.25, 0.3) is 0 Å². The van der Waals surface area contributed by atoms with Crippen molar-refractivity contribution in [1.29, 1.82) is 0 Å². The first kappa shape index (κ1) is 19.5. The molecular formula is C14H11F6N3O3. The Labute approximate surface area is 141 Å². The van der Waals surface area contributed by atoms with Crippen molar-refractivity contribution in [1.82, 2.24) is 15.0 Å². The van der Waals surface area contributed by atoms with Crippen LogP contribution in [0, 0.1) is 0 Å². The van der Waals surface area contributed by atoms with Crippen LogP contribution in [-0.2, 0) is 23.6 Å². The number of benzene rings is 1. The number of carbonyl (C=O) groups is 1. The number of halogens is 6. The number of rotatable bonds is 4. The van der Waals surface area contributed by atoms with E-state index < -0.39 is 52.8 Å². The van der Waals surface area contributed by atoms with Gasteiger partial charge in [-0.25, -0.2) is 14.7 Å². The molecule has 0 aliphatic carbocycles. The molecule has 1 aromatic heterocycles. The molecule has 0 amide bonds. The molecule has 26 heavy (non-hydrogen) atoms. The maximum Gasteiger partial charge on any atom is 0.416 e. The number of esters is 1. The van der Waals surface area contributed by atoms with Gasteiger partial charge in [0, 0.05) is 0 Å². The molecule has 0 unspecified atom stereocenters. The second kappa shape index (κ2) is 6.84. The van der Waals surface area contributed by atoms with E-state index in [1.165, 1.54) is 6.92 Å². The summed E-state index contributed by atoms with van der Waals surface area (Å²) in [5.41, 5.74) is -5.17. The summed E-state index contributed by atoms with van der Waals surface area (Å²) in [6, 6.07) is 0.933. The minimum absolute atomic E-state index is 0.0245. The Balaban J connectivity index is 2.44. The highest BCUT2D eigenvalue weighted by Gasteiger charge is 2.37. The number of aromatic amines is 1. The third-order valence-electron chi connectivity index (χ3n) is 3.19. The van der Waals surface area contributed by atoms with E-state index in [4.69, 9.17) is 0 Å². The summed E-state index contributed by atoms with van der Waals surface area (Å²) in [6.45, 7) is 0.746. The fourth-order valence-corrected chi connectivity index (χ4v) is 2.06. The van der Waals surface area contributed by atoms with Gasteiger partial charge < -0.3 is 4.74 Å². The fourth-order valence-electron chi connectivity index (χ4n) is 2.06. The lowest BCUT2D eigenvalue weighted by Crippen LogP contribution is -2.23. The predicted octanol–water partition coefficient (Wildman–Crippen LogP) is 2.83. The van der Waals surface area contributed by atoms with Gasteiger partial charge in [0.2, 0.25) is 5.69 Å². The van der Waals surface area contributed by atoms with Gasteiger partial charge >= 0.3 is 23.9 Å². The highest BCUT2D eigenvalue weighted by Crippen LogP contribution is 2.36. The molecule has 142 valence electrons. The lowest BCUT2D eigenvalue weighted by atomic mass is 10.0. The summed E-state index contributed by atoms with van der Waals surface area (Å²) in [4.78, 5) is 23.5. The average molecular weight is 383 g/mol. The largest absolute Gasteiger partial charge is 0.461 e. The van der Waals surface area contributed by atoms with Crippen molar-refractivity contribution in [3.05, 3.63) is 50.9 Å². The first-order valence-electron chi connectivity index (χ1n) is 7.04. The van der Waals surface area contributed by atoms with E-state index in [0.717, 1.165) is 0 Å². The van der Waals surface area contributed by atoms with Crippen molar-refractivity contribution in [3.63, 3.8) is 0 Å². The first-order valence-corrected chi connectivity index (χ1v) is 7.04. The van der Waals surface area contributed by atoms with E-state index in [2.05, 4.69) is 15.0 Å². The fraction of sp³-hybridized carbons (Fsp3) is 0.357. The highest BCUT2D eigenvalue weighted by atomic mass is 19.4. The zero-order valence-corrected chi connectivity index (χ0v) is 13.0. The lowest BCUT2D eigenvalue weighted by Gasteiger charge is -2.14. The van der Waals surface area contributed by atoms with Crippen molar-refractivity contribution in [2.75, 3.05) is 6.61 Å². The van der Waals surface area contributed by atoms with E-state index in [0.29, 0.717) is 16.8 Å². The number of hydrogen-bond acceptors (Lipinski definition) is 4. The molecule has 1 aromatic carbocycles. The van der Waals surface area contributed by atoms with Crippen LogP contribution in [0.15, 0.2) is 23.0 Å². The molecule has 0 radical (unpaired) electrons. The van der Waals surface area contributed by atoms with Gasteiger partial charge in [0.05, 0.1) is 24.3 Å². The van der Waals surface area contributed by atoms with Crippen LogP contribution >= 0.6 is 0 Å². The minimum Gasteiger partial charge on any atom is -0.461 e. The number of alkyl halides is 6. The predicted molar refractivity (Wildman–Crippen MR) is 74.4 cm³/mol. The van der Waals surface area contributed by atoms with Gasteiger partial charge in [-0.15, -0.1) is 5.10 Å². The maximum absolute atomic E-state index is 12.8. The Morgan fingerprint density at radius 3 is 2.12 bits per heavy atom. The monoisotopic (exact) mass is 383 g/mol. The van der Waals surface area contributed by atoms with Crippen molar-refractivity contribution in [2.45, 2.75) is 25.8 Å². The van der Waals surface area contributed by atoms with Gasteiger partial charge in [0.15, 0.2) is 0 Å². The summed E-state index contributed by atoms with van der Waals surface area (Å²) < 4.78 is 82.2. The van der Waals surface area contributed by atoms with Gasteiger partial charge in [-0.3, -0.25) is 4.79 Å². The minimum atomic E-state index is -5.01. The Kier molecular flexibility index (Phi) is 5.14. The van der Waals surface area contributed by atoms with Gasteiger partial charge in [-0.2, -0.15) is 26.3 Å². The molecule has 0 saturated heterocycles. The standard InChI is InChI=1S/C14H11F6N3O3/c1-2-26-12(25)10-11(24)23(22-21-10)6-7-3-8(13(15,16)17)5-9(4-7)14(18,19)20/h3-5,22H,2,6H2,1H3. The van der Waals surface area contributed by atoms with E-state index >= 15 is 0 Å². The van der Waals surface area contributed by atoms with Crippen LogP contribution in [0.3, 0.4) is 0 Å². The van der Waals surface area contributed by atoms with E-state index in [1.807, 2.05) is 0 Å². The molecule has 0 atom stereocenters. The van der Waals surface area contributed by atoms with E-state index in [9.17, 15) is 35.9 Å². The average Bonchev–Trinajstić information content (AvgIpc) is 2.86. The molecule has 0 aliphatic heterocycles. The van der Waals surface area contributed by atoms with Crippen LogP contribution in [0.1, 0.15) is 34.1 Å². The molecule has 0 fully saturated rings. The van der Waals surface area contributed by atoms with Crippen LogP contribution in [0.2, 0.25) is 0 Å². The molecule has 12 heteroatoms. The zero-order chi connectivity index (χ0) is 19.7. The number of carbonyl (C=O) groups excluding carboxylic acids is 1. The van der Waals surface area contributed by atoms with Crippen molar-refractivity contribution in [2.24, 2.45) is 0 Å². The number of H-pyrrole nitrogens is 1. The normalized spacial score (nSPS) is 12.3. The molecule has 0 aliphatic rings. The van der Waals surface area contributed by atoms with Crippen LogP contribution in [0.25, 0.3) is 0 Å². The number of nitrogens with zero attached hydrogens (tertiary/aromatic N) is 2. The number of nitrogens with one attached hydrogen (secondary N) is 1. The third kappa shape index (κ3) is 4.24. The second-order valence-electron chi connectivity index (χ2n) is 5.09. The third-order valence-corrected chi connectivity index (χ3v) is 3.19. The Morgan fingerprint density at radius 1 is 1.12 bits per heavy atom. The van der Waals surface area contributed by atoms with Gasteiger partial charge in [-0.05, 0) is 30.7 Å². The number of hydrogen-bond donors (Lipinski definition) is 1. The molecule has 1 N–H and O–H groups in total. The molecule has 1 heterocycles. The Hall–Kier alpha value is -2.79. The van der Waals surface area contributed by atoms with E-state index in [-0.39, 0.29) is 12.7 Å². The molecule has 0 saturated carbocycles. The molecule has 2 aromatic rings. The number of ether oxygens (including phenoxy) is 1. The highest BCUT2D eigenvalue weighted by molar-refractivity contribution is 5.86. The van der Waals surface area contributed by atoms with Gasteiger partial charge in [-0.1, -0.05) is 0 Å². The summed E-state index contributed by atoms with van der Waals surface area (Å²) >= 11 is 0. The zero-order valence-electron chi connectivity index (χ0n) is 13.0. The Bertz CT molecular complexity index is 834. The van der Waals surface area contributed by atoms with Crippen LogP contribution in [0.5, 0.6) is 0 Å². The molecule has 0 spiro atoms. The molecule has 2 rings (SSSR count). The van der Waals surface area contributed by atoms with Crippen molar-refractivity contribution >= 4 is 5.97 Å². The lowest BCUT2D eigenvalue weighted by molar-refractivity contribution is -0.143. The van der Waals surface area contributed by atoms with Crippen LogP contribution in [-0.4, -0.2) is 27.6 Å². The van der Waals surface area contributed by atoms with Crippen molar-refractivity contribution in [3.8, 4) is 0 Å². The first-order chi connectivity index (χ1) is 11.9. The smallest absolute Gasteiger partial charge is 0.416 e. The summed E-state index contributed by atoms with van der Waals surface area (Å²) in [5.74, 6) is -1.06. The second-order valence-corrected chi connectivity index (χ2v) is 5.09. The molecular weight excluding hydrogens is 372 g/mol. The molecule has 0 bridgehead atoms. The topological polar surface area (TPSA) is 77.0 Å². The summed E-state index contributed by atoms with van der Waals surface area (Å²) in [6.07, 6.45) is -10.0. The maximum atomic E-state index is 12.8. The summed E-state index contributed by atoms with van der Waals surface area (Å²) in [5, 5.41) is 5.45. The van der Waals surface area contributed by atoms with Gasteiger partial charge in [0.1, 0.15) is 0 Å². The van der Waals surface area contributed by atoms with E-state index in [1.54, 1.807) is 0 Å². The van der Waals surface area contributed by atoms with Crippen LogP contribution in [0.4, 0.5) is 26.3 Å². The SMILES string of the molecule is CCOC(=O)c1n[nH]n(Cc2cc(C(F)(F)F)cc(C(F)(F)F)c2)c1=O. The quantitative estimate of drug-likeness (QED) is 0.651.